The first-order valence-corrected chi connectivity index (χ1v) is 12.3. The van der Waals surface area contributed by atoms with Gasteiger partial charge in [-0.1, -0.05) is 0 Å². The summed E-state index contributed by atoms with van der Waals surface area (Å²) >= 11 is 1.78. The van der Waals surface area contributed by atoms with E-state index in [-0.39, 0.29) is 35.3 Å². The number of thioether (sulfide) groups is 1. The molecule has 27 heavy (non-hydrogen) atoms. The fraction of sp³-hybridized carbons (Fsp3) is 0.882. The number of carbonyl (C=O) groups is 2. The molecule has 3 amide bonds. The molecule has 4 atom stereocenters. The highest BCUT2D eigenvalue weighted by molar-refractivity contribution is 8.00. The van der Waals surface area contributed by atoms with Crippen LogP contribution in [0.1, 0.15) is 39.0 Å². The number of nitrogens with one attached hydrogen (secondary N) is 2. The lowest BCUT2D eigenvalue weighted by molar-refractivity contribution is -0.139. The van der Waals surface area contributed by atoms with Crippen molar-refractivity contribution < 1.29 is 18.0 Å². The second kappa shape index (κ2) is 6.89. The summed E-state index contributed by atoms with van der Waals surface area (Å²) in [7, 11) is -1.96. The number of urea groups is 1. The highest BCUT2D eigenvalue weighted by Gasteiger charge is 2.51. The third kappa shape index (κ3) is 3.73. The minimum atomic E-state index is -3.46. The molecule has 152 valence electrons. The van der Waals surface area contributed by atoms with Crippen molar-refractivity contribution in [1.29, 1.82) is 0 Å². The van der Waals surface area contributed by atoms with Crippen LogP contribution in [0.15, 0.2) is 0 Å². The van der Waals surface area contributed by atoms with E-state index in [2.05, 4.69) is 10.0 Å². The number of carbonyl (C=O) groups excluding carboxylic acids is 2. The molecule has 10 heteroatoms. The second-order valence-corrected chi connectivity index (χ2v) is 11.7. The SMILES string of the molecule is CN1C(=O)C2CC(S(=O)(=O)NC3(C)CC3)CCC2N(CC2NCCS2)C1=O. The summed E-state index contributed by atoms with van der Waals surface area (Å²) < 4.78 is 28.4. The van der Waals surface area contributed by atoms with Crippen LogP contribution in [0, 0.1) is 5.92 Å². The molecule has 4 aliphatic rings. The van der Waals surface area contributed by atoms with E-state index < -0.39 is 21.2 Å². The maximum atomic E-state index is 12.8. The maximum absolute atomic E-state index is 12.8. The zero-order valence-corrected chi connectivity index (χ0v) is 17.4. The van der Waals surface area contributed by atoms with Gasteiger partial charge in [-0.2, -0.15) is 0 Å². The van der Waals surface area contributed by atoms with E-state index in [1.807, 2.05) is 6.92 Å². The Bertz CT molecular complexity index is 733. The fourth-order valence-corrected chi connectivity index (χ4v) is 7.41. The first-order valence-electron chi connectivity index (χ1n) is 9.66. The van der Waals surface area contributed by atoms with Gasteiger partial charge in [-0.05, 0) is 39.0 Å². The molecule has 2 N–H and O–H groups in total. The Hall–Kier alpha value is -0.840. The van der Waals surface area contributed by atoms with Crippen LogP contribution in [0.5, 0.6) is 0 Å². The lowest BCUT2D eigenvalue weighted by Gasteiger charge is -2.47. The van der Waals surface area contributed by atoms with Crippen LogP contribution in [-0.2, 0) is 14.8 Å². The number of sulfonamides is 1. The second-order valence-electron chi connectivity index (χ2n) is 8.46. The first kappa shape index (κ1) is 19.5. The summed E-state index contributed by atoms with van der Waals surface area (Å²) in [5, 5.41) is 2.98. The molecule has 8 nitrogen and oxygen atoms in total. The largest absolute Gasteiger partial charge is 0.326 e. The van der Waals surface area contributed by atoms with Crippen molar-refractivity contribution in [2.75, 3.05) is 25.9 Å². The van der Waals surface area contributed by atoms with E-state index in [9.17, 15) is 18.0 Å². The number of nitrogens with zero attached hydrogens (tertiary/aromatic N) is 2. The minimum Gasteiger partial charge on any atom is -0.318 e. The molecule has 2 saturated heterocycles. The molecular weight excluding hydrogens is 388 g/mol. The normalized spacial score (nSPS) is 36.1. The number of amides is 3. The molecule has 0 spiro atoms. The molecule has 2 aliphatic carbocycles. The predicted molar refractivity (Wildman–Crippen MR) is 104 cm³/mol. The van der Waals surface area contributed by atoms with Gasteiger partial charge in [-0.3, -0.25) is 9.69 Å². The Morgan fingerprint density at radius 2 is 2.04 bits per heavy atom. The van der Waals surface area contributed by atoms with Gasteiger partial charge in [-0.15, -0.1) is 11.8 Å². The lowest BCUT2D eigenvalue weighted by atomic mass is 9.81. The Labute approximate surface area is 164 Å². The van der Waals surface area contributed by atoms with Gasteiger partial charge < -0.3 is 10.2 Å². The standard InChI is InChI=1S/C17H28N4O4S2/c1-17(5-6-17)19-27(24,25)11-3-4-13-12(9-11)15(22)20(2)16(23)21(13)10-14-18-7-8-26-14/h11-14,18-19H,3-10H2,1-2H3. The van der Waals surface area contributed by atoms with Gasteiger partial charge in [0.25, 0.3) is 0 Å². The molecule has 0 radical (unpaired) electrons. The third-order valence-corrected chi connectivity index (χ3v) is 9.57. The van der Waals surface area contributed by atoms with Crippen molar-refractivity contribution in [1.82, 2.24) is 19.8 Å². The van der Waals surface area contributed by atoms with Crippen molar-refractivity contribution in [2.24, 2.45) is 5.92 Å². The van der Waals surface area contributed by atoms with Gasteiger partial charge >= 0.3 is 6.03 Å². The van der Waals surface area contributed by atoms with Gasteiger partial charge in [0, 0.05) is 37.5 Å². The van der Waals surface area contributed by atoms with Gasteiger partial charge in [0.2, 0.25) is 15.9 Å². The lowest BCUT2D eigenvalue weighted by Crippen LogP contribution is -2.64. The summed E-state index contributed by atoms with van der Waals surface area (Å²) in [4.78, 5) is 28.4. The van der Waals surface area contributed by atoms with Crippen LogP contribution in [0.25, 0.3) is 0 Å². The quantitative estimate of drug-likeness (QED) is 0.679. The van der Waals surface area contributed by atoms with Crippen LogP contribution in [0.4, 0.5) is 4.79 Å². The molecule has 4 rings (SSSR count). The van der Waals surface area contributed by atoms with E-state index in [0.29, 0.717) is 19.4 Å². The van der Waals surface area contributed by atoms with Crippen LogP contribution < -0.4 is 10.0 Å². The topological polar surface area (TPSA) is 98.8 Å². The zero-order chi connectivity index (χ0) is 19.4. The monoisotopic (exact) mass is 416 g/mol. The molecule has 2 heterocycles. The summed E-state index contributed by atoms with van der Waals surface area (Å²) in [6, 6.07) is -0.465. The zero-order valence-electron chi connectivity index (χ0n) is 15.8. The smallest absolute Gasteiger partial charge is 0.318 e. The Morgan fingerprint density at radius 3 is 2.67 bits per heavy atom. The molecule has 0 bridgehead atoms. The van der Waals surface area contributed by atoms with E-state index in [1.165, 1.54) is 11.9 Å². The maximum Gasteiger partial charge on any atom is 0.326 e. The molecule has 0 aromatic rings. The summed E-state index contributed by atoms with van der Waals surface area (Å²) in [5.41, 5.74) is -0.309. The summed E-state index contributed by atoms with van der Waals surface area (Å²) in [5.74, 6) is 0.326. The van der Waals surface area contributed by atoms with Gasteiger partial charge in [0.15, 0.2) is 0 Å². The molecule has 4 unspecified atom stereocenters. The van der Waals surface area contributed by atoms with Gasteiger partial charge in [0.1, 0.15) is 0 Å². The molecule has 0 aromatic carbocycles. The third-order valence-electron chi connectivity index (χ3n) is 6.33. The van der Waals surface area contributed by atoms with E-state index in [4.69, 9.17) is 0 Å². The van der Waals surface area contributed by atoms with E-state index >= 15 is 0 Å². The minimum absolute atomic E-state index is 0.175. The Balaban J connectivity index is 1.51. The predicted octanol–water partition coefficient (Wildman–Crippen LogP) is 0.552. The van der Waals surface area contributed by atoms with Crippen molar-refractivity contribution in [3.05, 3.63) is 0 Å². The van der Waals surface area contributed by atoms with Crippen LogP contribution >= 0.6 is 11.8 Å². The van der Waals surface area contributed by atoms with Crippen molar-refractivity contribution in [2.45, 2.75) is 61.2 Å². The fourth-order valence-electron chi connectivity index (χ4n) is 4.42. The van der Waals surface area contributed by atoms with Gasteiger partial charge in [0.05, 0.1) is 16.5 Å². The van der Waals surface area contributed by atoms with Crippen molar-refractivity contribution in [3.8, 4) is 0 Å². The average Bonchev–Trinajstić information content (AvgIpc) is 3.12. The van der Waals surface area contributed by atoms with Crippen molar-refractivity contribution in [3.63, 3.8) is 0 Å². The molecule has 2 aliphatic heterocycles. The average molecular weight is 417 g/mol. The van der Waals surface area contributed by atoms with E-state index in [0.717, 1.165) is 25.1 Å². The summed E-state index contributed by atoms with van der Waals surface area (Å²) in [6.07, 6.45) is 3.05. The highest BCUT2D eigenvalue weighted by Crippen LogP contribution is 2.40. The van der Waals surface area contributed by atoms with E-state index in [1.54, 1.807) is 16.7 Å². The number of hydrogen-bond donors (Lipinski definition) is 2. The van der Waals surface area contributed by atoms with Crippen LogP contribution in [0.3, 0.4) is 0 Å². The number of imide groups is 1. The van der Waals surface area contributed by atoms with Crippen LogP contribution in [-0.4, -0.2) is 78.3 Å². The summed E-state index contributed by atoms with van der Waals surface area (Å²) in [6.45, 7) is 3.39. The first-order chi connectivity index (χ1) is 12.7. The molecule has 4 fully saturated rings. The highest BCUT2D eigenvalue weighted by atomic mass is 32.2. The number of rotatable bonds is 5. The van der Waals surface area contributed by atoms with Gasteiger partial charge in [-0.25, -0.2) is 17.9 Å². The van der Waals surface area contributed by atoms with Crippen molar-refractivity contribution >= 4 is 33.7 Å². The number of hydrogen-bond acceptors (Lipinski definition) is 6. The Kier molecular flexibility index (Phi) is 4.97. The van der Waals surface area contributed by atoms with Crippen LogP contribution in [0.2, 0.25) is 0 Å². The molecule has 2 saturated carbocycles. The Morgan fingerprint density at radius 1 is 1.30 bits per heavy atom. The molecular formula is C17H28N4O4S2. The molecule has 0 aromatic heterocycles. The number of fused-ring (bicyclic) bond motifs is 1.